The maximum Gasteiger partial charge on any atom is 0.416 e. The molecule has 0 atom stereocenters. The number of rotatable bonds is 5. The third-order valence-corrected chi connectivity index (χ3v) is 4.50. The monoisotopic (exact) mass is 443 g/mol. The second kappa shape index (κ2) is 8.10. The molecule has 2 aromatic heterocycles. The Kier molecular flexibility index (Phi) is 5.31. The number of carboxylic acid groups (broad SMARTS) is 1. The van der Waals surface area contributed by atoms with E-state index in [1.807, 2.05) is 0 Å². The van der Waals surface area contributed by atoms with Crippen molar-refractivity contribution in [1.29, 1.82) is 0 Å². The zero-order valence-corrected chi connectivity index (χ0v) is 16.5. The molecule has 0 aliphatic heterocycles. The van der Waals surface area contributed by atoms with Crippen LogP contribution >= 0.6 is 0 Å². The number of fused-ring (bicyclic) bond motifs is 1. The molecule has 0 unspecified atom stereocenters. The van der Waals surface area contributed by atoms with Gasteiger partial charge in [-0.05, 0) is 36.4 Å². The molecule has 2 aromatic carbocycles. The number of benzene rings is 2. The predicted molar refractivity (Wildman–Crippen MR) is 111 cm³/mol. The van der Waals surface area contributed by atoms with Gasteiger partial charge in [-0.1, -0.05) is 6.07 Å². The summed E-state index contributed by atoms with van der Waals surface area (Å²) < 4.78 is 46.4. The number of carbonyl (C=O) groups is 1. The fourth-order valence-corrected chi connectivity index (χ4v) is 3.05. The number of aromatic nitrogens is 3. The van der Waals surface area contributed by atoms with Gasteiger partial charge in [-0.3, -0.25) is 5.32 Å². The molecule has 4 rings (SSSR count). The van der Waals surface area contributed by atoms with E-state index in [4.69, 9.17) is 9.84 Å². The maximum absolute atomic E-state index is 13.0. The molecule has 0 radical (unpaired) electrons. The van der Waals surface area contributed by atoms with Crippen LogP contribution in [0.4, 0.5) is 35.4 Å². The van der Waals surface area contributed by atoms with Crippen LogP contribution in [0.2, 0.25) is 0 Å². The van der Waals surface area contributed by atoms with E-state index in [0.29, 0.717) is 23.0 Å². The van der Waals surface area contributed by atoms with Gasteiger partial charge in [0.1, 0.15) is 17.3 Å². The van der Waals surface area contributed by atoms with Crippen LogP contribution in [0.5, 0.6) is 11.5 Å². The Morgan fingerprint density at radius 1 is 1.09 bits per heavy atom. The number of pyridine rings is 1. The Labute approximate surface area is 179 Å². The summed E-state index contributed by atoms with van der Waals surface area (Å²) in [6, 6.07) is 13.0. The van der Waals surface area contributed by atoms with Crippen molar-refractivity contribution in [3.8, 4) is 11.5 Å². The molecule has 0 saturated heterocycles. The molecule has 0 bridgehead atoms. The number of aryl methyl sites for hydroxylation is 1. The van der Waals surface area contributed by atoms with E-state index in [9.17, 15) is 18.0 Å². The van der Waals surface area contributed by atoms with Gasteiger partial charge in [0.05, 0.1) is 16.6 Å². The molecule has 164 valence electrons. The highest BCUT2D eigenvalue weighted by Gasteiger charge is 2.30. The molecule has 4 aromatic rings. The maximum atomic E-state index is 13.0. The van der Waals surface area contributed by atoms with E-state index >= 15 is 0 Å². The van der Waals surface area contributed by atoms with E-state index in [2.05, 4.69) is 20.6 Å². The molecule has 0 aliphatic carbocycles. The summed E-state index contributed by atoms with van der Waals surface area (Å²) in [6.45, 7) is 0. The first-order valence-corrected chi connectivity index (χ1v) is 9.24. The van der Waals surface area contributed by atoms with Gasteiger partial charge in [0.15, 0.2) is 0 Å². The normalized spacial score (nSPS) is 11.4. The summed E-state index contributed by atoms with van der Waals surface area (Å²) in [6.07, 6.45) is -4.29. The van der Waals surface area contributed by atoms with Gasteiger partial charge in [-0.2, -0.15) is 13.2 Å². The third kappa shape index (κ3) is 4.56. The van der Waals surface area contributed by atoms with Crippen molar-refractivity contribution >= 4 is 34.6 Å². The zero-order chi connectivity index (χ0) is 22.9. The van der Waals surface area contributed by atoms with Crippen LogP contribution in [0, 0.1) is 0 Å². The van der Waals surface area contributed by atoms with Crippen LogP contribution < -0.4 is 15.4 Å². The molecular formula is C21H16F3N5O3. The van der Waals surface area contributed by atoms with Crippen LogP contribution in [-0.4, -0.2) is 25.7 Å². The number of amides is 1. The molecule has 0 fully saturated rings. The average molecular weight is 443 g/mol. The van der Waals surface area contributed by atoms with E-state index < -0.39 is 17.8 Å². The number of imidazole rings is 1. The van der Waals surface area contributed by atoms with Crippen LogP contribution in [-0.2, 0) is 13.2 Å². The van der Waals surface area contributed by atoms with Crippen LogP contribution in [0.15, 0.2) is 60.8 Å². The molecule has 2 heterocycles. The molecule has 8 nitrogen and oxygen atoms in total. The Bertz CT molecular complexity index is 1300. The number of anilines is 3. The first-order chi connectivity index (χ1) is 15.2. The summed E-state index contributed by atoms with van der Waals surface area (Å²) >= 11 is 0. The van der Waals surface area contributed by atoms with Crippen LogP contribution in [0.25, 0.3) is 11.0 Å². The summed E-state index contributed by atoms with van der Waals surface area (Å²) in [7, 11) is 1.73. The lowest BCUT2D eigenvalue weighted by molar-refractivity contribution is -0.137. The second-order valence-corrected chi connectivity index (χ2v) is 6.76. The molecule has 0 spiro atoms. The highest BCUT2D eigenvalue weighted by atomic mass is 19.4. The minimum atomic E-state index is -4.44. The topological polar surface area (TPSA) is 101 Å². The average Bonchev–Trinajstić information content (AvgIpc) is 3.02. The lowest BCUT2D eigenvalue weighted by Gasteiger charge is -2.10. The fraction of sp³-hybridized carbons (Fsp3) is 0.0952. The minimum absolute atomic E-state index is 0.112. The SMILES string of the molecule is Cn1c(Nc2cccc(C(F)(F)F)c2)nc2cc(Oc3ccnc(NC(=O)O)c3)ccc21. The summed E-state index contributed by atoms with van der Waals surface area (Å²) in [5, 5.41) is 13.8. The van der Waals surface area contributed by atoms with Gasteiger partial charge < -0.3 is 19.7 Å². The van der Waals surface area contributed by atoms with E-state index in [0.717, 1.165) is 17.6 Å². The number of ether oxygens (including phenoxy) is 1. The van der Waals surface area contributed by atoms with Gasteiger partial charge in [0.25, 0.3) is 0 Å². The van der Waals surface area contributed by atoms with Crippen molar-refractivity contribution in [2.24, 2.45) is 7.05 Å². The van der Waals surface area contributed by atoms with Crippen molar-refractivity contribution in [3.63, 3.8) is 0 Å². The number of alkyl halides is 3. The number of nitrogens with zero attached hydrogens (tertiary/aromatic N) is 3. The molecule has 1 amide bonds. The quantitative estimate of drug-likeness (QED) is 0.371. The van der Waals surface area contributed by atoms with E-state index in [-0.39, 0.29) is 11.5 Å². The van der Waals surface area contributed by atoms with Crippen molar-refractivity contribution in [2.75, 3.05) is 10.6 Å². The minimum Gasteiger partial charge on any atom is -0.465 e. The molecule has 0 aliphatic rings. The van der Waals surface area contributed by atoms with Gasteiger partial charge in [-0.25, -0.2) is 14.8 Å². The Morgan fingerprint density at radius 3 is 2.62 bits per heavy atom. The Balaban J connectivity index is 1.58. The zero-order valence-electron chi connectivity index (χ0n) is 16.5. The third-order valence-electron chi connectivity index (χ3n) is 4.50. The van der Waals surface area contributed by atoms with Gasteiger partial charge >= 0.3 is 12.3 Å². The van der Waals surface area contributed by atoms with Crippen molar-refractivity contribution in [1.82, 2.24) is 14.5 Å². The number of hydrogen-bond acceptors (Lipinski definition) is 5. The molecule has 3 N–H and O–H groups in total. The Hall–Kier alpha value is -4.28. The van der Waals surface area contributed by atoms with Crippen molar-refractivity contribution in [2.45, 2.75) is 6.18 Å². The van der Waals surface area contributed by atoms with Crippen molar-refractivity contribution in [3.05, 3.63) is 66.4 Å². The number of nitrogens with one attached hydrogen (secondary N) is 2. The van der Waals surface area contributed by atoms with Gasteiger partial charge in [0.2, 0.25) is 5.95 Å². The van der Waals surface area contributed by atoms with Gasteiger partial charge in [0, 0.05) is 31.1 Å². The number of halogens is 3. The summed E-state index contributed by atoms with van der Waals surface area (Å²) in [5.74, 6) is 1.27. The fourth-order valence-electron chi connectivity index (χ4n) is 3.05. The lowest BCUT2D eigenvalue weighted by atomic mass is 10.2. The summed E-state index contributed by atoms with van der Waals surface area (Å²) in [4.78, 5) is 19.1. The molecular weight excluding hydrogens is 427 g/mol. The van der Waals surface area contributed by atoms with E-state index in [1.165, 1.54) is 24.4 Å². The van der Waals surface area contributed by atoms with E-state index in [1.54, 1.807) is 35.9 Å². The highest BCUT2D eigenvalue weighted by Crippen LogP contribution is 2.32. The Morgan fingerprint density at radius 2 is 1.88 bits per heavy atom. The van der Waals surface area contributed by atoms with Crippen LogP contribution in [0.1, 0.15) is 5.56 Å². The van der Waals surface area contributed by atoms with Gasteiger partial charge in [-0.15, -0.1) is 0 Å². The number of hydrogen-bond donors (Lipinski definition) is 3. The standard InChI is InChI=1S/C21H16F3N5O3/c1-29-17-6-5-14(32-15-7-8-25-18(11-15)28-20(30)31)10-16(17)27-19(29)26-13-4-2-3-12(9-13)21(22,23)24/h2-11H,1H3,(H,25,28)(H,26,27)(H,30,31). The lowest BCUT2D eigenvalue weighted by Crippen LogP contribution is -2.08. The first kappa shape index (κ1) is 21.0. The molecule has 0 saturated carbocycles. The molecule has 32 heavy (non-hydrogen) atoms. The second-order valence-electron chi connectivity index (χ2n) is 6.76. The van der Waals surface area contributed by atoms with Crippen molar-refractivity contribution < 1.29 is 27.8 Å². The highest BCUT2D eigenvalue weighted by molar-refractivity contribution is 5.82. The molecule has 11 heteroatoms. The summed E-state index contributed by atoms with van der Waals surface area (Å²) in [5.41, 5.74) is 0.781. The predicted octanol–water partition coefficient (Wildman–Crippen LogP) is 5.61. The first-order valence-electron chi connectivity index (χ1n) is 9.24. The smallest absolute Gasteiger partial charge is 0.416 e. The van der Waals surface area contributed by atoms with Crippen LogP contribution in [0.3, 0.4) is 0 Å². The largest absolute Gasteiger partial charge is 0.465 e.